The second-order valence-electron chi connectivity index (χ2n) is 6.10. The number of aryl methyl sites for hydroxylation is 1. The maximum atomic E-state index is 13.0. The minimum Gasteiger partial charge on any atom is -0.330 e. The van der Waals surface area contributed by atoms with Crippen LogP contribution in [0.1, 0.15) is 17.0 Å². The lowest BCUT2D eigenvalue weighted by Crippen LogP contribution is -2.30. The van der Waals surface area contributed by atoms with Crippen molar-refractivity contribution in [3.63, 3.8) is 0 Å². The number of sulfonamides is 1. The number of rotatable bonds is 4. The predicted octanol–water partition coefficient (Wildman–Crippen LogP) is 2.36. The molecule has 0 bridgehead atoms. The van der Waals surface area contributed by atoms with Crippen LogP contribution >= 0.6 is 0 Å². The second kappa shape index (κ2) is 6.43. The minimum absolute atomic E-state index is 0.149. The van der Waals surface area contributed by atoms with Crippen molar-refractivity contribution in [3.05, 3.63) is 65.7 Å². The van der Waals surface area contributed by atoms with E-state index in [1.807, 2.05) is 37.3 Å². The summed E-state index contributed by atoms with van der Waals surface area (Å²) in [4.78, 5) is 0.393. The number of nitrogens with zero attached hydrogens (tertiary/aromatic N) is 1. The standard InChI is InChI=1S/C18H22N2O2S/c1-14-7-5-6-10-18(14)23(21,22)20-12-16(11-19)17(13-20)15-8-3-2-4-9-15/h2-10,16-17H,11-13,19H2,1H3/t16-,17+/m1/s1. The molecule has 3 rings (SSSR count). The van der Waals surface area contributed by atoms with E-state index in [2.05, 4.69) is 12.1 Å². The summed E-state index contributed by atoms with van der Waals surface area (Å²) in [5.41, 5.74) is 7.85. The van der Waals surface area contributed by atoms with E-state index < -0.39 is 10.0 Å². The topological polar surface area (TPSA) is 63.4 Å². The minimum atomic E-state index is -3.48. The third kappa shape index (κ3) is 3.04. The summed E-state index contributed by atoms with van der Waals surface area (Å²) >= 11 is 0. The van der Waals surface area contributed by atoms with Crippen LogP contribution in [-0.2, 0) is 10.0 Å². The van der Waals surface area contributed by atoms with Crippen LogP contribution in [-0.4, -0.2) is 32.4 Å². The highest BCUT2D eigenvalue weighted by Crippen LogP contribution is 2.35. The maximum Gasteiger partial charge on any atom is 0.243 e. The van der Waals surface area contributed by atoms with E-state index in [1.165, 1.54) is 0 Å². The van der Waals surface area contributed by atoms with Gasteiger partial charge in [0.05, 0.1) is 4.90 Å². The third-order valence-electron chi connectivity index (χ3n) is 4.65. The highest BCUT2D eigenvalue weighted by atomic mass is 32.2. The van der Waals surface area contributed by atoms with E-state index in [0.29, 0.717) is 24.5 Å². The smallest absolute Gasteiger partial charge is 0.243 e. The zero-order valence-electron chi connectivity index (χ0n) is 13.2. The molecule has 1 aliphatic rings. The van der Waals surface area contributed by atoms with Crippen LogP contribution < -0.4 is 5.73 Å². The van der Waals surface area contributed by atoms with Gasteiger partial charge in [0.1, 0.15) is 0 Å². The Hall–Kier alpha value is -1.69. The van der Waals surface area contributed by atoms with Crippen molar-refractivity contribution < 1.29 is 8.42 Å². The average Bonchev–Trinajstić information content (AvgIpc) is 3.01. The summed E-state index contributed by atoms with van der Waals surface area (Å²) in [6, 6.07) is 17.2. The van der Waals surface area contributed by atoms with Crippen LogP contribution in [0.4, 0.5) is 0 Å². The Balaban J connectivity index is 1.92. The predicted molar refractivity (Wildman–Crippen MR) is 91.7 cm³/mol. The molecule has 0 saturated carbocycles. The van der Waals surface area contributed by atoms with Gasteiger partial charge in [-0.15, -0.1) is 0 Å². The molecule has 1 aliphatic heterocycles. The van der Waals surface area contributed by atoms with Gasteiger partial charge < -0.3 is 5.73 Å². The molecular formula is C18H22N2O2S. The fraction of sp³-hybridized carbons (Fsp3) is 0.333. The molecule has 2 aromatic carbocycles. The van der Waals surface area contributed by atoms with Crippen molar-refractivity contribution >= 4 is 10.0 Å². The van der Waals surface area contributed by atoms with Gasteiger partial charge in [-0.25, -0.2) is 8.42 Å². The largest absolute Gasteiger partial charge is 0.330 e. The molecule has 5 heteroatoms. The SMILES string of the molecule is Cc1ccccc1S(=O)(=O)N1C[C@@H](CN)[C@H](c2ccccc2)C1. The van der Waals surface area contributed by atoms with Crippen molar-refractivity contribution in [2.75, 3.05) is 19.6 Å². The van der Waals surface area contributed by atoms with E-state index in [4.69, 9.17) is 5.73 Å². The normalized spacial score (nSPS) is 22.3. The molecule has 1 heterocycles. The number of nitrogens with two attached hydrogens (primary N) is 1. The molecule has 0 radical (unpaired) electrons. The quantitative estimate of drug-likeness (QED) is 0.936. The van der Waals surface area contributed by atoms with Crippen LogP contribution in [0, 0.1) is 12.8 Å². The van der Waals surface area contributed by atoms with Crippen molar-refractivity contribution in [1.29, 1.82) is 0 Å². The molecular weight excluding hydrogens is 308 g/mol. The molecule has 0 amide bonds. The summed E-state index contributed by atoms with van der Waals surface area (Å²) < 4.78 is 27.5. The van der Waals surface area contributed by atoms with Crippen LogP contribution in [0.2, 0.25) is 0 Å². The first-order valence-electron chi connectivity index (χ1n) is 7.85. The van der Waals surface area contributed by atoms with Crippen molar-refractivity contribution in [2.24, 2.45) is 11.7 Å². The Morgan fingerprint density at radius 2 is 1.70 bits per heavy atom. The third-order valence-corrected chi connectivity index (χ3v) is 6.64. The summed E-state index contributed by atoms with van der Waals surface area (Å²) in [5, 5.41) is 0. The average molecular weight is 330 g/mol. The van der Waals surface area contributed by atoms with Gasteiger partial charge in [-0.3, -0.25) is 0 Å². The van der Waals surface area contributed by atoms with E-state index in [9.17, 15) is 8.42 Å². The lowest BCUT2D eigenvalue weighted by atomic mass is 9.89. The van der Waals surface area contributed by atoms with Gasteiger partial charge >= 0.3 is 0 Å². The van der Waals surface area contributed by atoms with Gasteiger partial charge in [0.15, 0.2) is 0 Å². The Morgan fingerprint density at radius 3 is 2.35 bits per heavy atom. The van der Waals surface area contributed by atoms with Gasteiger partial charge in [-0.2, -0.15) is 4.31 Å². The first kappa shape index (κ1) is 16.2. The van der Waals surface area contributed by atoms with E-state index in [0.717, 1.165) is 11.1 Å². The number of hydrogen-bond donors (Lipinski definition) is 1. The summed E-state index contributed by atoms with van der Waals surface area (Å²) in [6.07, 6.45) is 0. The monoisotopic (exact) mass is 330 g/mol. The Bertz CT molecular complexity index is 775. The molecule has 0 aromatic heterocycles. The van der Waals surface area contributed by atoms with Crippen molar-refractivity contribution in [1.82, 2.24) is 4.31 Å². The number of benzene rings is 2. The van der Waals surface area contributed by atoms with Crippen LogP contribution in [0.15, 0.2) is 59.5 Å². The van der Waals surface area contributed by atoms with Crippen molar-refractivity contribution in [2.45, 2.75) is 17.7 Å². The first-order chi connectivity index (χ1) is 11.0. The molecule has 2 N–H and O–H groups in total. The molecule has 23 heavy (non-hydrogen) atoms. The van der Waals surface area contributed by atoms with E-state index in [1.54, 1.807) is 16.4 Å². The molecule has 2 atom stereocenters. The Morgan fingerprint density at radius 1 is 1.04 bits per heavy atom. The highest BCUT2D eigenvalue weighted by molar-refractivity contribution is 7.89. The molecule has 4 nitrogen and oxygen atoms in total. The zero-order valence-corrected chi connectivity index (χ0v) is 14.0. The Kier molecular flexibility index (Phi) is 4.53. The molecule has 0 unspecified atom stereocenters. The number of hydrogen-bond acceptors (Lipinski definition) is 3. The van der Waals surface area contributed by atoms with E-state index >= 15 is 0 Å². The van der Waals surface area contributed by atoms with Gasteiger partial charge in [0.2, 0.25) is 10.0 Å². The van der Waals surface area contributed by atoms with Gasteiger partial charge in [-0.05, 0) is 36.6 Å². The lowest BCUT2D eigenvalue weighted by molar-refractivity contribution is 0.458. The van der Waals surface area contributed by atoms with Crippen LogP contribution in [0.5, 0.6) is 0 Å². The van der Waals surface area contributed by atoms with Gasteiger partial charge in [-0.1, -0.05) is 48.5 Å². The fourth-order valence-electron chi connectivity index (χ4n) is 3.33. The summed E-state index contributed by atoms with van der Waals surface area (Å²) in [7, 11) is -3.48. The van der Waals surface area contributed by atoms with Gasteiger partial charge in [0.25, 0.3) is 0 Å². The highest BCUT2D eigenvalue weighted by Gasteiger charge is 2.39. The summed E-state index contributed by atoms with van der Waals surface area (Å²) in [6.45, 7) is 3.28. The zero-order chi connectivity index (χ0) is 16.4. The van der Waals surface area contributed by atoms with E-state index in [-0.39, 0.29) is 11.8 Å². The van der Waals surface area contributed by atoms with Gasteiger partial charge in [0, 0.05) is 19.0 Å². The molecule has 0 spiro atoms. The molecule has 122 valence electrons. The van der Waals surface area contributed by atoms with Crippen molar-refractivity contribution in [3.8, 4) is 0 Å². The molecule has 1 saturated heterocycles. The second-order valence-corrected chi connectivity index (χ2v) is 8.01. The molecule has 1 fully saturated rings. The molecule has 2 aromatic rings. The lowest BCUT2D eigenvalue weighted by Gasteiger charge is -2.18. The fourth-order valence-corrected chi connectivity index (χ4v) is 5.08. The Labute approximate surface area is 138 Å². The maximum absolute atomic E-state index is 13.0. The molecule has 0 aliphatic carbocycles. The first-order valence-corrected chi connectivity index (χ1v) is 9.29. The summed E-state index contributed by atoms with van der Waals surface area (Å²) in [5.74, 6) is 0.302. The van der Waals surface area contributed by atoms with Crippen LogP contribution in [0.3, 0.4) is 0 Å². The van der Waals surface area contributed by atoms with Crippen LogP contribution in [0.25, 0.3) is 0 Å².